The molecule has 21 heavy (non-hydrogen) atoms. The summed E-state index contributed by atoms with van der Waals surface area (Å²) in [5, 5.41) is 1.36. The van der Waals surface area contributed by atoms with Gasteiger partial charge >= 0.3 is 0 Å². The normalized spacial score (nSPS) is 22.3. The maximum absolute atomic E-state index is 12.8. The number of aromatic nitrogens is 2. The van der Waals surface area contributed by atoms with Gasteiger partial charge in [-0.1, -0.05) is 30.4 Å². The summed E-state index contributed by atoms with van der Waals surface area (Å²) in [5.41, 5.74) is -0.504. The molecule has 1 unspecified atom stereocenters. The van der Waals surface area contributed by atoms with Crippen molar-refractivity contribution in [3.63, 3.8) is 0 Å². The smallest absolute Gasteiger partial charge is 0.268 e. The lowest BCUT2D eigenvalue weighted by molar-refractivity contribution is -0.121. The molecule has 1 aromatic heterocycles. The first-order valence-electron chi connectivity index (χ1n) is 6.46. The van der Waals surface area contributed by atoms with Gasteiger partial charge in [-0.05, 0) is 17.4 Å². The van der Waals surface area contributed by atoms with E-state index >= 15 is 0 Å². The lowest BCUT2D eigenvalue weighted by Crippen LogP contribution is -2.45. The van der Waals surface area contributed by atoms with Crippen molar-refractivity contribution in [3.8, 4) is 0 Å². The van der Waals surface area contributed by atoms with Crippen LogP contribution < -0.4 is 10.6 Å². The number of hydrogen-bond acceptors (Lipinski definition) is 4. The Kier molecular flexibility index (Phi) is 2.27. The van der Waals surface area contributed by atoms with Crippen molar-refractivity contribution in [2.24, 2.45) is 10.4 Å². The number of rotatable bonds is 0. The standard InChI is InChI=1S/C16H9N3O2/c20-14-13-11(8-17-9-18-13)5-6-16(14)7-10-3-1-2-4-12(10)19-15(16)21/h1-9H. The fourth-order valence-electron chi connectivity index (χ4n) is 2.65. The second kappa shape index (κ2) is 4.02. The summed E-state index contributed by atoms with van der Waals surface area (Å²) in [7, 11) is 0. The van der Waals surface area contributed by atoms with E-state index in [0.717, 1.165) is 5.22 Å². The summed E-state index contributed by atoms with van der Waals surface area (Å²) in [5.74, 6) is -0.836. The quantitative estimate of drug-likeness (QED) is 0.649. The van der Waals surface area contributed by atoms with Crippen LogP contribution >= 0.6 is 0 Å². The highest BCUT2D eigenvalue weighted by molar-refractivity contribution is 6.23. The fourth-order valence-corrected chi connectivity index (χ4v) is 2.65. The number of carbonyl (C=O) groups is 2. The molecular formula is C16H9N3O2. The molecule has 0 saturated carbocycles. The van der Waals surface area contributed by atoms with Gasteiger partial charge in [-0.2, -0.15) is 0 Å². The highest BCUT2D eigenvalue weighted by Crippen LogP contribution is 2.34. The Labute approximate surface area is 119 Å². The highest BCUT2D eigenvalue weighted by atomic mass is 16.2. The van der Waals surface area contributed by atoms with Gasteiger partial charge in [-0.15, -0.1) is 0 Å². The van der Waals surface area contributed by atoms with E-state index in [1.165, 1.54) is 6.33 Å². The Morgan fingerprint density at radius 3 is 2.86 bits per heavy atom. The van der Waals surface area contributed by atoms with Gasteiger partial charge in [-0.25, -0.2) is 15.0 Å². The first-order valence-corrected chi connectivity index (χ1v) is 6.46. The monoisotopic (exact) mass is 275 g/mol. The number of carbonyl (C=O) groups excluding carboxylic acids is 2. The molecule has 4 rings (SSSR count). The molecule has 0 saturated heterocycles. The van der Waals surface area contributed by atoms with Crippen LogP contribution in [0.1, 0.15) is 16.1 Å². The number of fused-ring (bicyclic) bond motifs is 2. The van der Waals surface area contributed by atoms with Crippen LogP contribution in [0.15, 0.2) is 47.9 Å². The molecule has 1 amide bonds. The fraction of sp³-hybridized carbons (Fsp3) is 0.0625. The van der Waals surface area contributed by atoms with Gasteiger partial charge in [0.1, 0.15) is 12.0 Å². The Morgan fingerprint density at radius 1 is 1.10 bits per heavy atom. The number of amides is 1. The first kappa shape index (κ1) is 11.8. The van der Waals surface area contributed by atoms with E-state index < -0.39 is 11.3 Å². The summed E-state index contributed by atoms with van der Waals surface area (Å²) in [4.78, 5) is 37.2. The topological polar surface area (TPSA) is 72.3 Å². The Morgan fingerprint density at radius 2 is 1.95 bits per heavy atom. The Balaban J connectivity index is 2.01. The number of ketones is 1. The van der Waals surface area contributed by atoms with Gasteiger partial charge < -0.3 is 0 Å². The average molecular weight is 275 g/mol. The summed E-state index contributed by atoms with van der Waals surface area (Å²) in [6, 6.07) is 7.25. The second-order valence-corrected chi connectivity index (χ2v) is 4.98. The predicted octanol–water partition coefficient (Wildman–Crippen LogP) is 0.313. The van der Waals surface area contributed by atoms with Crippen LogP contribution in [0.2, 0.25) is 0 Å². The maximum Gasteiger partial charge on any atom is 0.268 e. The lowest BCUT2D eigenvalue weighted by atomic mass is 9.75. The first-order chi connectivity index (χ1) is 10.2. The highest BCUT2D eigenvalue weighted by Gasteiger charge is 2.46. The molecular weight excluding hydrogens is 266 g/mol. The molecule has 1 atom stereocenters. The Hall–Kier alpha value is -2.95. The minimum atomic E-state index is -1.38. The van der Waals surface area contributed by atoms with Crippen molar-refractivity contribution < 1.29 is 9.59 Å². The molecule has 1 aliphatic heterocycles. The molecule has 5 heteroatoms. The molecule has 0 N–H and O–H groups in total. The van der Waals surface area contributed by atoms with E-state index in [9.17, 15) is 9.59 Å². The molecule has 5 nitrogen and oxygen atoms in total. The SMILES string of the molecule is O=C1N=c2ccccc2=CC12C=Cc1cncnc1C2=O. The second-order valence-electron chi connectivity index (χ2n) is 4.98. The van der Waals surface area contributed by atoms with Crippen LogP contribution in [0.25, 0.3) is 12.2 Å². The zero-order valence-electron chi connectivity index (χ0n) is 10.9. The maximum atomic E-state index is 12.8. The number of Topliss-reactive ketones (excluding diaryl/α,β-unsaturated/α-hetero) is 1. The van der Waals surface area contributed by atoms with Gasteiger partial charge in [-0.3, -0.25) is 9.59 Å². The molecule has 100 valence electrons. The third kappa shape index (κ3) is 1.54. The van der Waals surface area contributed by atoms with Crippen LogP contribution in [-0.4, -0.2) is 21.7 Å². The van der Waals surface area contributed by atoms with Gasteiger partial charge in [0, 0.05) is 11.8 Å². The molecule has 0 radical (unpaired) electrons. The van der Waals surface area contributed by atoms with Crippen molar-refractivity contribution in [3.05, 3.63) is 64.7 Å². The van der Waals surface area contributed by atoms with Gasteiger partial charge in [0.15, 0.2) is 5.41 Å². The largest absolute Gasteiger partial charge is 0.290 e. The minimum absolute atomic E-state index is 0.256. The zero-order chi connectivity index (χ0) is 14.4. The third-order valence-corrected chi connectivity index (χ3v) is 3.75. The molecule has 0 fully saturated rings. The zero-order valence-corrected chi connectivity index (χ0v) is 10.9. The molecule has 1 aliphatic carbocycles. The third-order valence-electron chi connectivity index (χ3n) is 3.75. The van der Waals surface area contributed by atoms with Crippen LogP contribution in [0, 0.1) is 5.41 Å². The Bertz CT molecular complexity index is 946. The van der Waals surface area contributed by atoms with E-state index in [1.54, 1.807) is 30.5 Å². The van der Waals surface area contributed by atoms with E-state index in [4.69, 9.17) is 0 Å². The number of benzene rings is 1. The van der Waals surface area contributed by atoms with Crippen LogP contribution in [0.3, 0.4) is 0 Å². The van der Waals surface area contributed by atoms with Crippen LogP contribution in [0.5, 0.6) is 0 Å². The van der Waals surface area contributed by atoms with Gasteiger partial charge in [0.2, 0.25) is 5.78 Å². The number of nitrogens with zero attached hydrogens (tertiary/aromatic N) is 3. The van der Waals surface area contributed by atoms with Crippen LogP contribution in [0.4, 0.5) is 0 Å². The molecule has 2 aliphatic rings. The van der Waals surface area contributed by atoms with Crippen molar-refractivity contribution in [2.45, 2.75) is 0 Å². The van der Waals surface area contributed by atoms with E-state index in [2.05, 4.69) is 15.0 Å². The van der Waals surface area contributed by atoms with E-state index in [-0.39, 0.29) is 11.5 Å². The van der Waals surface area contributed by atoms with E-state index in [0.29, 0.717) is 10.9 Å². The van der Waals surface area contributed by atoms with Crippen molar-refractivity contribution in [1.29, 1.82) is 0 Å². The average Bonchev–Trinajstić information content (AvgIpc) is 2.52. The molecule has 0 bridgehead atoms. The molecule has 2 aromatic rings. The molecule has 1 spiro atoms. The number of para-hydroxylation sites is 1. The van der Waals surface area contributed by atoms with Gasteiger partial charge in [0.05, 0.1) is 5.36 Å². The predicted molar refractivity (Wildman–Crippen MR) is 74.5 cm³/mol. The van der Waals surface area contributed by atoms with Crippen molar-refractivity contribution in [1.82, 2.24) is 9.97 Å². The van der Waals surface area contributed by atoms with Crippen LogP contribution in [-0.2, 0) is 4.79 Å². The minimum Gasteiger partial charge on any atom is -0.290 e. The van der Waals surface area contributed by atoms with Crippen molar-refractivity contribution in [2.75, 3.05) is 0 Å². The number of hydrogen-bond donors (Lipinski definition) is 0. The molecule has 2 heterocycles. The molecule has 1 aromatic carbocycles. The van der Waals surface area contributed by atoms with E-state index in [1.807, 2.05) is 18.2 Å². The lowest BCUT2D eigenvalue weighted by Gasteiger charge is -2.27. The summed E-state index contributed by atoms with van der Waals surface area (Å²) in [6.07, 6.45) is 7.82. The van der Waals surface area contributed by atoms with Crippen molar-refractivity contribution >= 4 is 23.8 Å². The van der Waals surface area contributed by atoms with Gasteiger partial charge in [0.25, 0.3) is 5.91 Å². The summed E-state index contributed by atoms with van der Waals surface area (Å²) in [6.45, 7) is 0. The summed E-state index contributed by atoms with van der Waals surface area (Å²) >= 11 is 0. The summed E-state index contributed by atoms with van der Waals surface area (Å²) < 4.78 is 0.